The van der Waals surface area contributed by atoms with Crippen LogP contribution in [-0.2, 0) is 18.4 Å². The predicted octanol–water partition coefficient (Wildman–Crippen LogP) is 0.373. The molecule has 132 valence electrons. The van der Waals surface area contributed by atoms with Crippen molar-refractivity contribution in [3.63, 3.8) is 0 Å². The smallest absolute Gasteiger partial charge is 0.331 e. The summed E-state index contributed by atoms with van der Waals surface area (Å²) in [5, 5.41) is 3.89. The molecule has 1 unspecified atom stereocenters. The van der Waals surface area contributed by atoms with Crippen LogP contribution in [0.5, 0.6) is 0 Å². The SMILES string of the molecule is Cn1c(=O)ccn(CC(=O)N2CCNCC2c2cccc(Cl)c2)c1=O. The van der Waals surface area contributed by atoms with Crippen molar-refractivity contribution in [1.29, 1.82) is 0 Å². The van der Waals surface area contributed by atoms with Crippen LogP contribution in [0.1, 0.15) is 11.6 Å². The molecule has 1 aromatic heterocycles. The zero-order chi connectivity index (χ0) is 18.0. The average molecular weight is 363 g/mol. The van der Waals surface area contributed by atoms with E-state index in [0.717, 1.165) is 10.1 Å². The summed E-state index contributed by atoms with van der Waals surface area (Å²) in [6.07, 6.45) is 1.36. The number of amides is 1. The van der Waals surface area contributed by atoms with Crippen LogP contribution in [0.15, 0.2) is 46.1 Å². The first-order chi connectivity index (χ1) is 12.0. The second-order valence-corrected chi connectivity index (χ2v) is 6.42. The highest BCUT2D eigenvalue weighted by Crippen LogP contribution is 2.24. The highest BCUT2D eigenvalue weighted by Gasteiger charge is 2.28. The van der Waals surface area contributed by atoms with Gasteiger partial charge in [0.1, 0.15) is 6.54 Å². The molecule has 0 aliphatic carbocycles. The van der Waals surface area contributed by atoms with Gasteiger partial charge in [-0.3, -0.25) is 18.7 Å². The molecule has 1 saturated heterocycles. The standard InChI is InChI=1S/C17H19ClN4O3/c1-20-15(23)5-7-21(17(20)25)11-16(24)22-8-6-19-10-14(22)12-3-2-4-13(18)9-12/h2-5,7,9,14,19H,6,8,10-11H2,1H3. The molecule has 1 aliphatic rings. The van der Waals surface area contributed by atoms with Crippen molar-refractivity contribution in [3.05, 3.63) is 68.0 Å². The van der Waals surface area contributed by atoms with Crippen molar-refractivity contribution in [3.8, 4) is 0 Å². The zero-order valence-electron chi connectivity index (χ0n) is 13.8. The topological polar surface area (TPSA) is 76.3 Å². The lowest BCUT2D eigenvalue weighted by molar-refractivity contribution is -0.135. The van der Waals surface area contributed by atoms with E-state index in [0.29, 0.717) is 24.7 Å². The Bertz CT molecular complexity index is 905. The number of rotatable bonds is 3. The second kappa shape index (κ2) is 7.25. The number of nitrogens with zero attached hydrogens (tertiary/aromatic N) is 3. The minimum atomic E-state index is -0.504. The van der Waals surface area contributed by atoms with E-state index < -0.39 is 11.2 Å². The lowest BCUT2D eigenvalue weighted by Gasteiger charge is -2.36. The van der Waals surface area contributed by atoms with E-state index >= 15 is 0 Å². The molecule has 0 radical (unpaired) electrons. The molecular weight excluding hydrogens is 344 g/mol. The Morgan fingerprint density at radius 2 is 2.12 bits per heavy atom. The monoisotopic (exact) mass is 362 g/mol. The molecule has 2 aromatic rings. The summed E-state index contributed by atoms with van der Waals surface area (Å²) < 4.78 is 2.24. The summed E-state index contributed by atoms with van der Waals surface area (Å²) in [6, 6.07) is 8.55. The second-order valence-electron chi connectivity index (χ2n) is 5.99. The van der Waals surface area contributed by atoms with E-state index in [4.69, 9.17) is 11.6 Å². The van der Waals surface area contributed by atoms with Gasteiger partial charge in [-0.15, -0.1) is 0 Å². The zero-order valence-corrected chi connectivity index (χ0v) is 14.6. The molecule has 1 aliphatic heterocycles. The molecule has 7 nitrogen and oxygen atoms in total. The Morgan fingerprint density at radius 3 is 2.88 bits per heavy atom. The van der Waals surface area contributed by atoms with Gasteiger partial charge in [0, 0.05) is 44.0 Å². The Kier molecular flexibility index (Phi) is 5.06. The Balaban J connectivity index is 1.85. The highest BCUT2D eigenvalue weighted by molar-refractivity contribution is 6.30. The van der Waals surface area contributed by atoms with E-state index in [-0.39, 0.29) is 18.5 Å². The maximum absolute atomic E-state index is 12.8. The maximum atomic E-state index is 12.8. The van der Waals surface area contributed by atoms with Crippen LogP contribution in [-0.4, -0.2) is 39.6 Å². The van der Waals surface area contributed by atoms with E-state index in [1.54, 1.807) is 11.0 Å². The normalized spacial score (nSPS) is 17.5. The third kappa shape index (κ3) is 3.67. The van der Waals surface area contributed by atoms with Gasteiger partial charge in [0.2, 0.25) is 5.91 Å². The van der Waals surface area contributed by atoms with Gasteiger partial charge in [-0.25, -0.2) is 4.79 Å². The molecule has 0 saturated carbocycles. The molecule has 8 heteroatoms. The fourth-order valence-electron chi connectivity index (χ4n) is 2.99. The number of nitrogens with one attached hydrogen (secondary N) is 1. The molecular formula is C17H19ClN4O3. The van der Waals surface area contributed by atoms with Crippen molar-refractivity contribution in [1.82, 2.24) is 19.4 Å². The molecule has 0 spiro atoms. The van der Waals surface area contributed by atoms with Crippen LogP contribution in [0.25, 0.3) is 0 Å². The summed E-state index contributed by atoms with van der Waals surface area (Å²) in [5.74, 6) is -0.174. The molecule has 1 fully saturated rings. The summed E-state index contributed by atoms with van der Waals surface area (Å²) in [6.45, 7) is 1.74. The fourth-order valence-corrected chi connectivity index (χ4v) is 3.19. The van der Waals surface area contributed by atoms with E-state index in [1.807, 2.05) is 18.2 Å². The van der Waals surface area contributed by atoms with Gasteiger partial charge in [-0.1, -0.05) is 23.7 Å². The molecule has 0 bridgehead atoms. The molecule has 25 heavy (non-hydrogen) atoms. The molecule has 3 rings (SSSR count). The van der Waals surface area contributed by atoms with Crippen LogP contribution in [0.4, 0.5) is 0 Å². The molecule has 1 N–H and O–H groups in total. The van der Waals surface area contributed by atoms with Crippen molar-refractivity contribution < 1.29 is 4.79 Å². The van der Waals surface area contributed by atoms with Crippen LogP contribution in [0, 0.1) is 0 Å². The quantitative estimate of drug-likeness (QED) is 0.856. The number of piperazine rings is 1. The van der Waals surface area contributed by atoms with Gasteiger partial charge < -0.3 is 10.2 Å². The number of carbonyl (C=O) groups is 1. The van der Waals surface area contributed by atoms with Gasteiger partial charge in [-0.2, -0.15) is 0 Å². The minimum Gasteiger partial charge on any atom is -0.332 e. The largest absolute Gasteiger partial charge is 0.332 e. The molecule has 2 heterocycles. The van der Waals surface area contributed by atoms with Crippen molar-refractivity contribution in [2.75, 3.05) is 19.6 Å². The van der Waals surface area contributed by atoms with Gasteiger partial charge in [0.05, 0.1) is 6.04 Å². The number of halogens is 1. The number of aromatic nitrogens is 2. The number of hydrogen-bond acceptors (Lipinski definition) is 4. The number of hydrogen-bond donors (Lipinski definition) is 1. The van der Waals surface area contributed by atoms with Crippen LogP contribution >= 0.6 is 11.6 Å². The minimum absolute atomic E-state index is 0.107. The Morgan fingerprint density at radius 1 is 1.32 bits per heavy atom. The third-order valence-electron chi connectivity index (χ3n) is 4.36. The molecule has 1 atom stereocenters. The van der Waals surface area contributed by atoms with Gasteiger partial charge in [-0.05, 0) is 17.7 Å². The number of benzene rings is 1. The van der Waals surface area contributed by atoms with E-state index in [9.17, 15) is 14.4 Å². The predicted molar refractivity (Wildman–Crippen MR) is 94.7 cm³/mol. The first kappa shape index (κ1) is 17.4. The first-order valence-corrected chi connectivity index (χ1v) is 8.37. The maximum Gasteiger partial charge on any atom is 0.331 e. The van der Waals surface area contributed by atoms with Crippen LogP contribution < -0.4 is 16.6 Å². The number of carbonyl (C=O) groups excluding carboxylic acids is 1. The van der Waals surface area contributed by atoms with Gasteiger partial charge >= 0.3 is 5.69 Å². The lowest BCUT2D eigenvalue weighted by Crippen LogP contribution is -2.50. The average Bonchev–Trinajstić information content (AvgIpc) is 2.62. The molecule has 1 amide bonds. The summed E-state index contributed by atoms with van der Waals surface area (Å²) in [4.78, 5) is 38.2. The highest BCUT2D eigenvalue weighted by atomic mass is 35.5. The van der Waals surface area contributed by atoms with E-state index in [2.05, 4.69) is 5.32 Å². The summed E-state index contributed by atoms with van der Waals surface area (Å²) >= 11 is 6.07. The third-order valence-corrected chi connectivity index (χ3v) is 4.60. The van der Waals surface area contributed by atoms with Crippen LogP contribution in [0.3, 0.4) is 0 Å². The van der Waals surface area contributed by atoms with E-state index in [1.165, 1.54) is 23.9 Å². The summed E-state index contributed by atoms with van der Waals surface area (Å²) in [7, 11) is 1.39. The Hall–Kier alpha value is -2.38. The van der Waals surface area contributed by atoms with Crippen molar-refractivity contribution >= 4 is 17.5 Å². The molecule has 1 aromatic carbocycles. The summed E-state index contributed by atoms with van der Waals surface area (Å²) in [5.41, 5.74) is 0.0452. The first-order valence-electron chi connectivity index (χ1n) is 7.99. The van der Waals surface area contributed by atoms with Crippen LogP contribution in [0.2, 0.25) is 5.02 Å². The van der Waals surface area contributed by atoms with Crippen molar-refractivity contribution in [2.24, 2.45) is 7.05 Å². The van der Waals surface area contributed by atoms with Crippen molar-refractivity contribution in [2.45, 2.75) is 12.6 Å². The van der Waals surface area contributed by atoms with Gasteiger partial charge in [0.25, 0.3) is 5.56 Å². The fraction of sp³-hybridized carbons (Fsp3) is 0.353. The van der Waals surface area contributed by atoms with Gasteiger partial charge in [0.15, 0.2) is 0 Å². The lowest BCUT2D eigenvalue weighted by atomic mass is 10.0. The Labute approximate surface area is 149 Å².